The molecule has 1 aliphatic carbocycles. The first kappa shape index (κ1) is 24.3. The number of fused-ring (bicyclic) bond motifs is 1. The van der Waals surface area contributed by atoms with Crippen molar-refractivity contribution in [3.05, 3.63) is 34.9 Å². The summed E-state index contributed by atoms with van der Waals surface area (Å²) in [4.78, 5) is 0. The van der Waals surface area contributed by atoms with E-state index in [0.29, 0.717) is 12.0 Å². The monoisotopic (exact) mass is 362 g/mol. The first-order valence-corrected chi connectivity index (χ1v) is 10.7. The maximum atomic E-state index is 13.9. The Hall–Kier alpha value is 0.282. The molecule has 1 atom stereocenters. The second kappa shape index (κ2) is 8.32. The van der Waals surface area contributed by atoms with Gasteiger partial charge in [0, 0.05) is 5.56 Å². The smallest absolute Gasteiger partial charge is 1.00 e. The molecule has 2 rings (SSSR count). The maximum absolute atomic E-state index is 13.9. The molecule has 1 aromatic carbocycles. The summed E-state index contributed by atoms with van der Waals surface area (Å²) in [5, 5.41) is 9.05. The summed E-state index contributed by atoms with van der Waals surface area (Å²) in [7, 11) is -1.95. The molecule has 0 aliphatic heterocycles. The van der Waals surface area contributed by atoms with Crippen molar-refractivity contribution in [2.75, 3.05) is 6.61 Å². The van der Waals surface area contributed by atoms with Crippen molar-refractivity contribution in [3.8, 4) is 0 Å². The number of hydrogen-bond acceptors (Lipinski definition) is 2. The SMILES string of the molecule is CC(C)(C)[Si](C)(C)O[C@H]1CCc2c1cccc2C(F)(F)CO.[B-].[Na+]. The zero-order chi connectivity index (χ0) is 16.8. The standard InChI is InChI=1S/C17H26F2O2Si.B.Na/c1-16(2,3)22(4,5)21-15-10-9-12-13(15)7-6-8-14(12)17(18,19)11-20;;/h6-8,15,20H,9-11H2,1-5H3;;/q;-1;+1/t15-;;/m0../s1. The minimum Gasteiger partial charge on any atom is -1.00 e. The van der Waals surface area contributed by atoms with E-state index in [1.165, 1.54) is 6.07 Å². The van der Waals surface area contributed by atoms with Crippen molar-refractivity contribution < 1.29 is 47.9 Å². The van der Waals surface area contributed by atoms with Crippen molar-refractivity contribution in [1.29, 1.82) is 0 Å². The molecule has 24 heavy (non-hydrogen) atoms. The fourth-order valence-electron chi connectivity index (χ4n) is 2.70. The largest absolute Gasteiger partial charge is 1.00 e. The molecule has 0 saturated heterocycles. The van der Waals surface area contributed by atoms with E-state index >= 15 is 0 Å². The molecule has 128 valence electrons. The Bertz CT molecular complexity index is 562. The normalized spacial score (nSPS) is 17.8. The van der Waals surface area contributed by atoms with Crippen LogP contribution in [-0.2, 0) is 16.8 Å². The molecule has 0 amide bonds. The Balaban J connectivity index is 0.00000264. The fraction of sp³-hybridized carbons (Fsp3) is 0.647. The van der Waals surface area contributed by atoms with Crippen LogP contribution in [0, 0.1) is 0 Å². The zero-order valence-electron chi connectivity index (χ0n) is 15.6. The van der Waals surface area contributed by atoms with Crippen LogP contribution in [0.1, 0.15) is 50.0 Å². The van der Waals surface area contributed by atoms with E-state index in [2.05, 4.69) is 33.9 Å². The third-order valence-electron chi connectivity index (χ3n) is 5.05. The molecule has 0 saturated carbocycles. The third-order valence-corrected chi connectivity index (χ3v) is 9.54. The van der Waals surface area contributed by atoms with Gasteiger partial charge in [-0.1, -0.05) is 39.0 Å². The molecule has 1 aromatic rings. The van der Waals surface area contributed by atoms with Gasteiger partial charge in [0.05, 0.1) is 6.10 Å². The summed E-state index contributed by atoms with van der Waals surface area (Å²) in [5.74, 6) is -3.18. The molecular weight excluding hydrogens is 336 g/mol. The average Bonchev–Trinajstić information content (AvgIpc) is 2.80. The summed E-state index contributed by atoms with van der Waals surface area (Å²) in [5.41, 5.74) is 1.48. The first-order chi connectivity index (χ1) is 9.99. The van der Waals surface area contributed by atoms with Crippen LogP contribution >= 0.6 is 0 Å². The summed E-state index contributed by atoms with van der Waals surface area (Å²) in [6, 6.07) is 4.95. The molecule has 0 heterocycles. The van der Waals surface area contributed by atoms with Crippen LogP contribution < -0.4 is 29.6 Å². The Kier molecular flexibility index (Phi) is 8.41. The van der Waals surface area contributed by atoms with E-state index < -0.39 is 20.8 Å². The van der Waals surface area contributed by atoms with Gasteiger partial charge in [-0.15, -0.1) is 0 Å². The van der Waals surface area contributed by atoms with E-state index in [1.54, 1.807) is 6.07 Å². The molecule has 0 bridgehead atoms. The Morgan fingerprint density at radius 2 is 1.83 bits per heavy atom. The number of hydrogen-bond donors (Lipinski definition) is 1. The first-order valence-electron chi connectivity index (χ1n) is 7.78. The van der Waals surface area contributed by atoms with Crippen molar-refractivity contribution in [3.63, 3.8) is 0 Å². The zero-order valence-corrected chi connectivity index (χ0v) is 18.6. The van der Waals surface area contributed by atoms with Crippen LogP contribution in [0.5, 0.6) is 0 Å². The van der Waals surface area contributed by atoms with Gasteiger partial charge in [0.25, 0.3) is 5.92 Å². The topological polar surface area (TPSA) is 29.5 Å². The third kappa shape index (κ3) is 4.71. The molecule has 7 heteroatoms. The van der Waals surface area contributed by atoms with Gasteiger partial charge in [-0.05, 0) is 42.1 Å². The van der Waals surface area contributed by atoms with Gasteiger partial charge in [0.1, 0.15) is 6.61 Å². The number of aliphatic hydroxyl groups is 1. The van der Waals surface area contributed by atoms with Crippen molar-refractivity contribution >= 4 is 16.7 Å². The predicted octanol–water partition coefficient (Wildman–Crippen LogP) is 1.40. The molecule has 0 fully saturated rings. The van der Waals surface area contributed by atoms with Crippen molar-refractivity contribution in [2.24, 2.45) is 0 Å². The van der Waals surface area contributed by atoms with Gasteiger partial charge in [-0.3, -0.25) is 0 Å². The minimum atomic E-state index is -3.18. The van der Waals surface area contributed by atoms with Crippen molar-refractivity contribution in [1.82, 2.24) is 0 Å². The minimum absolute atomic E-state index is 0. The molecule has 0 aromatic heterocycles. The maximum Gasteiger partial charge on any atom is 1.00 e. The van der Waals surface area contributed by atoms with E-state index in [-0.39, 0.29) is 54.7 Å². The van der Waals surface area contributed by atoms with Gasteiger partial charge in [0.2, 0.25) is 0 Å². The summed E-state index contributed by atoms with van der Waals surface area (Å²) in [6.07, 6.45) is 1.21. The van der Waals surface area contributed by atoms with Gasteiger partial charge in [-0.25, -0.2) is 0 Å². The number of benzene rings is 1. The van der Waals surface area contributed by atoms with Gasteiger partial charge in [0.15, 0.2) is 8.32 Å². The summed E-state index contributed by atoms with van der Waals surface area (Å²) < 4.78 is 34.2. The van der Waals surface area contributed by atoms with Crippen LogP contribution in [0.4, 0.5) is 8.78 Å². The van der Waals surface area contributed by atoms with Crippen LogP contribution in [0.2, 0.25) is 18.1 Å². The van der Waals surface area contributed by atoms with E-state index in [1.807, 2.05) is 6.07 Å². The molecule has 4 radical (unpaired) electrons. The van der Waals surface area contributed by atoms with Gasteiger partial charge in [-0.2, -0.15) is 8.78 Å². The number of halogens is 2. The molecule has 1 aliphatic rings. The number of aliphatic hydroxyl groups excluding tert-OH is 1. The fourth-order valence-corrected chi connectivity index (χ4v) is 4.01. The van der Waals surface area contributed by atoms with Gasteiger partial charge >= 0.3 is 29.6 Å². The van der Waals surface area contributed by atoms with Crippen LogP contribution in [0.25, 0.3) is 0 Å². The molecular formula is C17H26BF2NaO2Si. The van der Waals surface area contributed by atoms with E-state index in [0.717, 1.165) is 12.0 Å². The average molecular weight is 362 g/mol. The second-order valence-electron chi connectivity index (χ2n) is 7.64. The number of rotatable bonds is 4. The number of alkyl halides is 2. The summed E-state index contributed by atoms with van der Waals surface area (Å²) in [6.45, 7) is 9.72. The molecule has 1 N–H and O–H groups in total. The quantitative estimate of drug-likeness (QED) is 0.821. The van der Waals surface area contributed by atoms with Crippen LogP contribution in [-0.4, -0.2) is 28.4 Å². The Morgan fingerprint density at radius 3 is 2.33 bits per heavy atom. The molecule has 0 spiro atoms. The van der Waals surface area contributed by atoms with E-state index in [9.17, 15) is 8.78 Å². The Morgan fingerprint density at radius 1 is 1.25 bits per heavy atom. The molecule has 0 unspecified atom stereocenters. The second-order valence-corrected chi connectivity index (χ2v) is 12.4. The van der Waals surface area contributed by atoms with Crippen LogP contribution in [0.15, 0.2) is 18.2 Å². The Labute approximate surface area is 169 Å². The van der Waals surface area contributed by atoms with Crippen molar-refractivity contribution in [2.45, 2.75) is 63.8 Å². The molecule has 2 nitrogen and oxygen atoms in total. The van der Waals surface area contributed by atoms with Gasteiger partial charge < -0.3 is 17.9 Å². The van der Waals surface area contributed by atoms with E-state index in [4.69, 9.17) is 9.53 Å². The summed E-state index contributed by atoms with van der Waals surface area (Å²) >= 11 is 0. The predicted molar refractivity (Wildman–Crippen MR) is 92.5 cm³/mol. The van der Waals surface area contributed by atoms with Crippen LogP contribution in [0.3, 0.4) is 0 Å².